The molecule has 3 aromatic carbocycles. The van der Waals surface area contributed by atoms with Crippen LogP contribution >= 0.6 is 11.6 Å². The lowest BCUT2D eigenvalue weighted by atomic mass is 10.1. The van der Waals surface area contributed by atoms with Gasteiger partial charge in [-0.05, 0) is 48.9 Å². The number of nitrogens with one attached hydrogen (secondary N) is 2. The summed E-state index contributed by atoms with van der Waals surface area (Å²) in [6, 6.07) is 19.0. The lowest BCUT2D eigenvalue weighted by molar-refractivity contribution is -0.114. The van der Waals surface area contributed by atoms with E-state index in [0.717, 1.165) is 9.87 Å². The average Bonchev–Trinajstić information content (AvgIpc) is 2.83. The van der Waals surface area contributed by atoms with Crippen LogP contribution in [-0.2, 0) is 14.8 Å². The fraction of sp³-hybridized carbons (Fsp3) is 0.120. The number of hydrogen-bond acceptors (Lipinski definition) is 4. The molecule has 0 fully saturated rings. The largest absolute Gasteiger partial charge is 0.349 e. The standard InChI is InChI=1S/C25H24ClN3O4S/c1-3-15-27-25(31)21-11-7-8-12-23(21)28-24(30)17-29(19-14-13-18(2)22(26)16-19)34(32,33)20-9-5-4-6-10-20/h3-14,16H,1,15,17H2,2H3,(H,27,31)(H,28,30). The number of para-hydroxylation sites is 1. The van der Waals surface area contributed by atoms with Crippen LogP contribution in [0.1, 0.15) is 15.9 Å². The highest BCUT2D eigenvalue weighted by Gasteiger charge is 2.28. The molecule has 0 radical (unpaired) electrons. The van der Waals surface area contributed by atoms with Crippen LogP contribution in [0, 0.1) is 6.92 Å². The molecule has 0 heterocycles. The summed E-state index contributed by atoms with van der Waals surface area (Å²) < 4.78 is 27.9. The van der Waals surface area contributed by atoms with E-state index in [9.17, 15) is 18.0 Å². The van der Waals surface area contributed by atoms with Gasteiger partial charge in [0.05, 0.1) is 21.8 Å². The topological polar surface area (TPSA) is 95.6 Å². The van der Waals surface area contributed by atoms with Gasteiger partial charge in [0.25, 0.3) is 15.9 Å². The summed E-state index contributed by atoms with van der Waals surface area (Å²) in [5.41, 5.74) is 1.51. The number of anilines is 2. The van der Waals surface area contributed by atoms with Crippen molar-refractivity contribution in [2.75, 3.05) is 22.7 Å². The number of carbonyl (C=O) groups excluding carboxylic acids is 2. The number of sulfonamides is 1. The maximum absolute atomic E-state index is 13.4. The van der Waals surface area contributed by atoms with Crippen molar-refractivity contribution < 1.29 is 18.0 Å². The quantitative estimate of drug-likeness (QED) is 0.428. The Balaban J connectivity index is 1.94. The minimum Gasteiger partial charge on any atom is -0.349 e. The maximum atomic E-state index is 13.4. The van der Waals surface area contributed by atoms with E-state index < -0.39 is 28.4 Å². The number of aryl methyl sites for hydroxylation is 1. The Morgan fingerprint density at radius 1 is 1.03 bits per heavy atom. The number of rotatable bonds is 9. The van der Waals surface area contributed by atoms with Crippen molar-refractivity contribution in [2.24, 2.45) is 0 Å². The first kappa shape index (κ1) is 25.0. The summed E-state index contributed by atoms with van der Waals surface area (Å²) in [6.07, 6.45) is 1.54. The molecule has 0 unspecified atom stereocenters. The van der Waals surface area contributed by atoms with Crippen molar-refractivity contribution in [3.63, 3.8) is 0 Å². The molecule has 2 N–H and O–H groups in total. The average molecular weight is 498 g/mol. The molecule has 0 saturated heterocycles. The molecule has 0 aromatic heterocycles. The van der Waals surface area contributed by atoms with Crippen LogP contribution in [0.3, 0.4) is 0 Å². The highest BCUT2D eigenvalue weighted by molar-refractivity contribution is 7.92. The van der Waals surface area contributed by atoms with E-state index in [2.05, 4.69) is 17.2 Å². The lowest BCUT2D eigenvalue weighted by Crippen LogP contribution is -2.38. The van der Waals surface area contributed by atoms with E-state index in [4.69, 9.17) is 11.6 Å². The van der Waals surface area contributed by atoms with Crippen LogP contribution < -0.4 is 14.9 Å². The van der Waals surface area contributed by atoms with E-state index in [1.807, 2.05) is 0 Å². The fourth-order valence-electron chi connectivity index (χ4n) is 3.14. The predicted octanol–water partition coefficient (Wildman–Crippen LogP) is 4.40. The van der Waals surface area contributed by atoms with Gasteiger partial charge in [0.1, 0.15) is 6.54 Å². The van der Waals surface area contributed by atoms with Crippen molar-refractivity contribution >= 4 is 44.8 Å². The van der Waals surface area contributed by atoms with E-state index in [-0.39, 0.29) is 28.4 Å². The Hall–Kier alpha value is -3.62. The van der Waals surface area contributed by atoms with Gasteiger partial charge in [0.15, 0.2) is 0 Å². The van der Waals surface area contributed by atoms with Crippen LogP contribution in [0.4, 0.5) is 11.4 Å². The highest BCUT2D eigenvalue weighted by Crippen LogP contribution is 2.28. The van der Waals surface area contributed by atoms with E-state index in [1.54, 1.807) is 61.5 Å². The van der Waals surface area contributed by atoms with E-state index >= 15 is 0 Å². The van der Waals surface area contributed by atoms with Gasteiger partial charge in [-0.15, -0.1) is 6.58 Å². The molecule has 176 valence electrons. The first-order chi connectivity index (χ1) is 16.2. The summed E-state index contributed by atoms with van der Waals surface area (Å²) in [4.78, 5) is 25.5. The summed E-state index contributed by atoms with van der Waals surface area (Å²) >= 11 is 6.24. The van der Waals surface area contributed by atoms with E-state index in [0.29, 0.717) is 5.02 Å². The lowest BCUT2D eigenvalue weighted by Gasteiger charge is -2.25. The predicted molar refractivity (Wildman–Crippen MR) is 135 cm³/mol. The second-order valence-corrected chi connectivity index (χ2v) is 9.62. The summed E-state index contributed by atoms with van der Waals surface area (Å²) in [5.74, 6) is -1.02. The van der Waals surface area contributed by atoms with Gasteiger partial charge in [0.2, 0.25) is 5.91 Å². The second kappa shape index (κ2) is 11.0. The molecule has 9 heteroatoms. The van der Waals surface area contributed by atoms with Crippen molar-refractivity contribution in [3.8, 4) is 0 Å². The van der Waals surface area contributed by atoms with Gasteiger partial charge in [-0.3, -0.25) is 13.9 Å². The molecule has 3 rings (SSSR count). The Morgan fingerprint density at radius 2 is 1.71 bits per heavy atom. The van der Waals surface area contributed by atoms with Gasteiger partial charge >= 0.3 is 0 Å². The molecule has 7 nitrogen and oxygen atoms in total. The Kier molecular flexibility index (Phi) is 8.09. The number of carbonyl (C=O) groups is 2. The van der Waals surface area contributed by atoms with Crippen molar-refractivity contribution in [2.45, 2.75) is 11.8 Å². The third-order valence-electron chi connectivity index (χ3n) is 4.91. The van der Waals surface area contributed by atoms with E-state index in [1.165, 1.54) is 24.3 Å². The number of nitrogens with zero attached hydrogens (tertiary/aromatic N) is 1. The summed E-state index contributed by atoms with van der Waals surface area (Å²) in [6.45, 7) is 5.09. The molecule has 34 heavy (non-hydrogen) atoms. The number of halogens is 1. The Morgan fingerprint density at radius 3 is 2.38 bits per heavy atom. The van der Waals surface area contributed by atoms with Gasteiger partial charge < -0.3 is 10.6 Å². The van der Waals surface area contributed by atoms with Crippen LogP contribution in [0.25, 0.3) is 0 Å². The smallest absolute Gasteiger partial charge is 0.264 e. The minimum atomic E-state index is -4.09. The molecule has 0 atom stereocenters. The normalized spacial score (nSPS) is 10.9. The van der Waals surface area contributed by atoms with Crippen LogP contribution in [0.15, 0.2) is 90.3 Å². The molecular formula is C25H24ClN3O4S. The van der Waals surface area contributed by atoms with Gasteiger partial charge in [-0.25, -0.2) is 8.42 Å². The minimum absolute atomic E-state index is 0.0312. The molecule has 0 aliphatic rings. The van der Waals surface area contributed by atoms with Gasteiger partial charge in [-0.2, -0.15) is 0 Å². The third-order valence-corrected chi connectivity index (χ3v) is 7.11. The van der Waals surface area contributed by atoms with Gasteiger partial charge in [-0.1, -0.05) is 54.1 Å². The molecule has 0 aliphatic heterocycles. The van der Waals surface area contributed by atoms with Crippen molar-refractivity contribution in [1.82, 2.24) is 5.32 Å². The molecule has 0 saturated carbocycles. The molecule has 0 aliphatic carbocycles. The zero-order valence-corrected chi connectivity index (χ0v) is 20.1. The van der Waals surface area contributed by atoms with Gasteiger partial charge in [0, 0.05) is 11.6 Å². The van der Waals surface area contributed by atoms with Crippen LogP contribution in [-0.4, -0.2) is 33.3 Å². The Bertz CT molecular complexity index is 1310. The summed E-state index contributed by atoms with van der Waals surface area (Å²) in [5, 5.41) is 5.68. The second-order valence-electron chi connectivity index (χ2n) is 7.35. The zero-order valence-electron chi connectivity index (χ0n) is 18.5. The third kappa shape index (κ3) is 5.84. The van der Waals surface area contributed by atoms with Crippen LogP contribution in [0.2, 0.25) is 5.02 Å². The molecule has 0 spiro atoms. The molecular weight excluding hydrogens is 474 g/mol. The number of amides is 2. The summed E-state index contributed by atoms with van der Waals surface area (Å²) in [7, 11) is -4.09. The SMILES string of the molecule is C=CCNC(=O)c1ccccc1NC(=O)CN(c1ccc(C)c(Cl)c1)S(=O)(=O)c1ccccc1. The monoisotopic (exact) mass is 497 g/mol. The maximum Gasteiger partial charge on any atom is 0.264 e. The Labute approximate surface area is 204 Å². The highest BCUT2D eigenvalue weighted by atomic mass is 35.5. The zero-order chi connectivity index (χ0) is 24.7. The molecule has 0 bridgehead atoms. The van der Waals surface area contributed by atoms with Crippen molar-refractivity contribution in [1.29, 1.82) is 0 Å². The first-order valence-electron chi connectivity index (χ1n) is 10.4. The fourth-order valence-corrected chi connectivity index (χ4v) is 4.75. The number of benzene rings is 3. The first-order valence-corrected chi connectivity index (χ1v) is 12.2. The molecule has 2 amide bonds. The molecule has 3 aromatic rings. The van der Waals surface area contributed by atoms with Crippen LogP contribution in [0.5, 0.6) is 0 Å². The number of hydrogen-bond donors (Lipinski definition) is 2. The van der Waals surface area contributed by atoms with Crippen molar-refractivity contribution in [3.05, 3.63) is 102 Å².